The number of cyclic esters (lactones) is 2. The Labute approximate surface area is 74.6 Å². The third-order valence-corrected chi connectivity index (χ3v) is 2.47. The lowest BCUT2D eigenvalue weighted by Crippen LogP contribution is -2.23. The first-order valence-electron chi connectivity index (χ1n) is 4.23. The van der Waals surface area contributed by atoms with Gasteiger partial charge < -0.3 is 14.6 Å². The fourth-order valence-corrected chi connectivity index (χ4v) is 1.79. The van der Waals surface area contributed by atoms with Crippen LogP contribution in [0.25, 0.3) is 0 Å². The molecule has 13 heavy (non-hydrogen) atoms. The highest BCUT2D eigenvalue weighted by molar-refractivity contribution is 5.84. The molecule has 2 saturated heterocycles. The van der Waals surface area contributed by atoms with Crippen LogP contribution in [0.3, 0.4) is 0 Å². The van der Waals surface area contributed by atoms with E-state index in [2.05, 4.69) is 4.74 Å². The average Bonchev–Trinajstić information content (AvgIpc) is 2.58. The second-order valence-electron chi connectivity index (χ2n) is 3.30. The van der Waals surface area contributed by atoms with Gasteiger partial charge in [-0.1, -0.05) is 0 Å². The van der Waals surface area contributed by atoms with Gasteiger partial charge in [-0.25, -0.2) is 0 Å². The van der Waals surface area contributed by atoms with Crippen molar-refractivity contribution in [3.63, 3.8) is 0 Å². The summed E-state index contributed by atoms with van der Waals surface area (Å²) in [6, 6.07) is 0. The van der Waals surface area contributed by atoms with Gasteiger partial charge in [0.05, 0.1) is 18.4 Å². The van der Waals surface area contributed by atoms with E-state index in [0.29, 0.717) is 13.0 Å². The highest BCUT2D eigenvalue weighted by Gasteiger charge is 2.44. The molecule has 0 radical (unpaired) electrons. The first-order chi connectivity index (χ1) is 6.18. The molecule has 2 fully saturated rings. The van der Waals surface area contributed by atoms with Crippen molar-refractivity contribution in [2.45, 2.75) is 19.1 Å². The Kier molecular flexibility index (Phi) is 1.95. The van der Waals surface area contributed by atoms with E-state index >= 15 is 0 Å². The van der Waals surface area contributed by atoms with Crippen LogP contribution in [0.1, 0.15) is 12.8 Å². The van der Waals surface area contributed by atoms with E-state index < -0.39 is 24.1 Å². The van der Waals surface area contributed by atoms with Gasteiger partial charge in [-0.3, -0.25) is 9.59 Å². The number of rotatable bonds is 1. The summed E-state index contributed by atoms with van der Waals surface area (Å²) in [6.07, 6.45) is -0.296. The van der Waals surface area contributed by atoms with Gasteiger partial charge >= 0.3 is 11.9 Å². The standard InChI is InChI=1S/C8H10O5/c9-6-3-5(8(11)13-6)4-1-2-12-7(4)10/h4-6,9H,1-3H2. The van der Waals surface area contributed by atoms with Crippen molar-refractivity contribution in [3.8, 4) is 0 Å². The lowest BCUT2D eigenvalue weighted by atomic mass is 9.90. The van der Waals surface area contributed by atoms with Crippen LogP contribution in [-0.2, 0) is 19.1 Å². The largest absolute Gasteiger partial charge is 0.465 e. The molecule has 0 bridgehead atoms. The van der Waals surface area contributed by atoms with E-state index in [-0.39, 0.29) is 12.4 Å². The molecule has 1 N–H and O–H groups in total. The van der Waals surface area contributed by atoms with Crippen molar-refractivity contribution >= 4 is 11.9 Å². The molecular weight excluding hydrogens is 176 g/mol. The summed E-state index contributed by atoms with van der Waals surface area (Å²) in [5.41, 5.74) is 0. The van der Waals surface area contributed by atoms with Gasteiger partial charge in [-0.2, -0.15) is 0 Å². The smallest absolute Gasteiger partial charge is 0.312 e. The molecule has 5 heteroatoms. The van der Waals surface area contributed by atoms with Gasteiger partial charge in [-0.05, 0) is 6.42 Å². The molecule has 2 rings (SSSR count). The Bertz CT molecular complexity index is 249. The number of aliphatic hydroxyl groups excluding tert-OH is 1. The first kappa shape index (κ1) is 8.50. The van der Waals surface area contributed by atoms with Crippen LogP contribution in [0.5, 0.6) is 0 Å². The second kappa shape index (κ2) is 2.99. The number of esters is 2. The van der Waals surface area contributed by atoms with Crippen LogP contribution in [0.4, 0.5) is 0 Å². The molecule has 0 aromatic carbocycles. The first-order valence-corrected chi connectivity index (χ1v) is 4.23. The second-order valence-corrected chi connectivity index (χ2v) is 3.30. The number of ether oxygens (including phenoxy) is 2. The molecule has 3 unspecified atom stereocenters. The lowest BCUT2D eigenvalue weighted by molar-refractivity contribution is -0.158. The Balaban J connectivity index is 2.08. The summed E-state index contributed by atoms with van der Waals surface area (Å²) < 4.78 is 9.28. The van der Waals surface area contributed by atoms with Gasteiger partial charge in [0.2, 0.25) is 6.29 Å². The molecule has 0 aromatic rings. The van der Waals surface area contributed by atoms with Gasteiger partial charge in [0.1, 0.15) is 0 Å². The molecule has 72 valence electrons. The normalized spacial score (nSPS) is 39.0. The van der Waals surface area contributed by atoms with Gasteiger partial charge in [0, 0.05) is 6.42 Å². The molecular formula is C8H10O5. The van der Waals surface area contributed by atoms with E-state index in [4.69, 9.17) is 9.84 Å². The molecule has 0 aliphatic carbocycles. The average molecular weight is 186 g/mol. The molecule has 3 atom stereocenters. The van der Waals surface area contributed by atoms with Gasteiger partial charge in [0.15, 0.2) is 0 Å². The van der Waals surface area contributed by atoms with Crippen LogP contribution in [0, 0.1) is 11.8 Å². The zero-order valence-electron chi connectivity index (χ0n) is 6.93. The zero-order valence-corrected chi connectivity index (χ0v) is 6.93. The third-order valence-electron chi connectivity index (χ3n) is 2.47. The van der Waals surface area contributed by atoms with Gasteiger partial charge in [0.25, 0.3) is 0 Å². The number of carbonyl (C=O) groups is 2. The monoisotopic (exact) mass is 186 g/mol. The molecule has 0 aromatic heterocycles. The topological polar surface area (TPSA) is 72.8 Å². The highest BCUT2D eigenvalue weighted by atomic mass is 16.6. The minimum absolute atomic E-state index is 0.207. The Morgan fingerprint density at radius 2 is 2.00 bits per heavy atom. The van der Waals surface area contributed by atoms with Crippen LogP contribution in [0.2, 0.25) is 0 Å². The fraction of sp³-hybridized carbons (Fsp3) is 0.750. The summed E-state index contributed by atoms with van der Waals surface area (Å²) in [7, 11) is 0. The maximum atomic E-state index is 11.1. The highest BCUT2D eigenvalue weighted by Crippen LogP contribution is 2.32. The Morgan fingerprint density at radius 3 is 2.46 bits per heavy atom. The van der Waals surface area contributed by atoms with E-state index in [1.807, 2.05) is 0 Å². The summed E-state index contributed by atoms with van der Waals surface area (Å²) in [4.78, 5) is 22.2. The Morgan fingerprint density at radius 1 is 1.23 bits per heavy atom. The van der Waals surface area contributed by atoms with E-state index in [1.54, 1.807) is 0 Å². The Hall–Kier alpha value is -1.10. The van der Waals surface area contributed by atoms with Gasteiger partial charge in [-0.15, -0.1) is 0 Å². The summed E-state index contributed by atoms with van der Waals surface area (Å²) >= 11 is 0. The van der Waals surface area contributed by atoms with Crippen molar-refractivity contribution in [2.24, 2.45) is 11.8 Å². The third kappa shape index (κ3) is 1.39. The minimum Gasteiger partial charge on any atom is -0.465 e. The molecule has 2 aliphatic heterocycles. The molecule has 2 heterocycles. The number of hydrogen-bond donors (Lipinski definition) is 1. The fourth-order valence-electron chi connectivity index (χ4n) is 1.79. The minimum atomic E-state index is -1.05. The predicted molar refractivity (Wildman–Crippen MR) is 39.3 cm³/mol. The molecule has 5 nitrogen and oxygen atoms in total. The van der Waals surface area contributed by atoms with Crippen LogP contribution >= 0.6 is 0 Å². The van der Waals surface area contributed by atoms with E-state index in [9.17, 15) is 9.59 Å². The maximum absolute atomic E-state index is 11.1. The number of carbonyl (C=O) groups excluding carboxylic acids is 2. The number of aliphatic hydroxyl groups is 1. The van der Waals surface area contributed by atoms with Crippen LogP contribution in [0.15, 0.2) is 0 Å². The summed E-state index contributed by atoms with van der Waals surface area (Å²) in [5, 5.41) is 9.02. The van der Waals surface area contributed by atoms with Crippen LogP contribution in [-0.4, -0.2) is 29.9 Å². The van der Waals surface area contributed by atoms with Crippen molar-refractivity contribution in [1.29, 1.82) is 0 Å². The van der Waals surface area contributed by atoms with Crippen molar-refractivity contribution < 1.29 is 24.2 Å². The van der Waals surface area contributed by atoms with E-state index in [1.165, 1.54) is 0 Å². The lowest BCUT2D eigenvalue weighted by Gasteiger charge is -2.08. The SMILES string of the molecule is O=C1OCCC1C1CC(O)OC1=O. The summed E-state index contributed by atoms with van der Waals surface area (Å²) in [5.74, 6) is -1.76. The van der Waals surface area contributed by atoms with Crippen molar-refractivity contribution in [2.75, 3.05) is 6.61 Å². The van der Waals surface area contributed by atoms with E-state index in [0.717, 1.165) is 0 Å². The quantitative estimate of drug-likeness (QED) is 0.555. The molecule has 0 saturated carbocycles. The molecule has 0 spiro atoms. The zero-order chi connectivity index (χ0) is 9.42. The number of hydrogen-bond acceptors (Lipinski definition) is 5. The van der Waals surface area contributed by atoms with Crippen LogP contribution < -0.4 is 0 Å². The maximum Gasteiger partial charge on any atom is 0.312 e. The van der Waals surface area contributed by atoms with Crippen molar-refractivity contribution in [3.05, 3.63) is 0 Å². The molecule has 0 amide bonds. The summed E-state index contributed by atoms with van der Waals surface area (Å²) in [6.45, 7) is 0.364. The molecule has 2 aliphatic rings. The predicted octanol–water partition coefficient (Wildman–Crippen LogP) is -0.569. The van der Waals surface area contributed by atoms with Crippen molar-refractivity contribution in [1.82, 2.24) is 0 Å².